The predicted octanol–water partition coefficient (Wildman–Crippen LogP) is 1.37. The number of urea groups is 1. The average molecular weight is 336 g/mol. The molecule has 1 unspecified atom stereocenters. The number of amides is 3. The first-order chi connectivity index (χ1) is 11.7. The van der Waals surface area contributed by atoms with Crippen molar-refractivity contribution in [2.75, 3.05) is 52.9 Å². The Morgan fingerprint density at radius 3 is 2.21 bits per heavy atom. The molecule has 3 aliphatic rings. The molecule has 3 aliphatic heterocycles. The maximum Gasteiger partial charge on any atom is 0.320 e. The first kappa shape index (κ1) is 17.5. The molecular weight excluding hydrogens is 304 g/mol. The number of carbonyl (C=O) groups excluding carboxylic acids is 2. The van der Waals surface area contributed by atoms with Gasteiger partial charge in [0.25, 0.3) is 0 Å². The number of nitrogens with zero attached hydrogens (tertiary/aromatic N) is 3. The summed E-state index contributed by atoms with van der Waals surface area (Å²) in [5.41, 5.74) is 0. The second-order valence-electron chi connectivity index (χ2n) is 7.59. The maximum atomic E-state index is 12.9. The number of likely N-dealkylation sites (tertiary alicyclic amines) is 3. The van der Waals surface area contributed by atoms with Gasteiger partial charge in [0.15, 0.2) is 0 Å². The van der Waals surface area contributed by atoms with Crippen LogP contribution in [0.4, 0.5) is 4.79 Å². The standard InChI is InChI=1S/C18H32N4O2/c1-19-13-15-6-11-20(12-7-15)17(23)16-5-4-10-22(14-16)18(24)21-8-2-3-9-21/h15-16,19H,2-14H2,1H3. The van der Waals surface area contributed by atoms with Crippen LogP contribution in [0.25, 0.3) is 0 Å². The quantitative estimate of drug-likeness (QED) is 0.847. The van der Waals surface area contributed by atoms with Gasteiger partial charge in [-0.3, -0.25) is 4.79 Å². The summed E-state index contributed by atoms with van der Waals surface area (Å²) < 4.78 is 0. The molecule has 3 rings (SSSR count). The van der Waals surface area contributed by atoms with E-state index in [1.807, 2.05) is 21.7 Å². The molecular formula is C18H32N4O2. The topological polar surface area (TPSA) is 55.9 Å². The zero-order valence-corrected chi connectivity index (χ0v) is 15.0. The summed E-state index contributed by atoms with van der Waals surface area (Å²) in [5.74, 6) is 0.974. The second-order valence-corrected chi connectivity index (χ2v) is 7.59. The molecule has 1 atom stereocenters. The molecule has 3 heterocycles. The highest BCUT2D eigenvalue weighted by atomic mass is 16.2. The van der Waals surface area contributed by atoms with E-state index >= 15 is 0 Å². The minimum absolute atomic E-state index is 0.00570. The van der Waals surface area contributed by atoms with Gasteiger partial charge in [-0.25, -0.2) is 4.79 Å². The minimum Gasteiger partial charge on any atom is -0.342 e. The van der Waals surface area contributed by atoms with E-state index in [-0.39, 0.29) is 17.9 Å². The van der Waals surface area contributed by atoms with Crippen LogP contribution in [0, 0.1) is 11.8 Å². The molecule has 6 nitrogen and oxygen atoms in total. The van der Waals surface area contributed by atoms with Crippen LogP contribution in [0.15, 0.2) is 0 Å². The Hall–Kier alpha value is -1.30. The number of hydrogen-bond donors (Lipinski definition) is 1. The lowest BCUT2D eigenvalue weighted by molar-refractivity contribution is -0.138. The fourth-order valence-corrected chi connectivity index (χ4v) is 4.37. The Morgan fingerprint density at radius 1 is 0.875 bits per heavy atom. The molecule has 3 fully saturated rings. The van der Waals surface area contributed by atoms with Crippen molar-refractivity contribution in [3.63, 3.8) is 0 Å². The van der Waals surface area contributed by atoms with E-state index in [1.165, 1.54) is 0 Å². The number of hydrogen-bond acceptors (Lipinski definition) is 3. The molecule has 1 N–H and O–H groups in total. The highest BCUT2D eigenvalue weighted by molar-refractivity contribution is 5.81. The first-order valence-electron chi connectivity index (χ1n) is 9.66. The van der Waals surface area contributed by atoms with Gasteiger partial charge in [0.2, 0.25) is 5.91 Å². The van der Waals surface area contributed by atoms with E-state index in [1.54, 1.807) is 0 Å². The van der Waals surface area contributed by atoms with Crippen molar-refractivity contribution in [1.82, 2.24) is 20.0 Å². The van der Waals surface area contributed by atoms with Crippen LogP contribution < -0.4 is 5.32 Å². The van der Waals surface area contributed by atoms with Crippen molar-refractivity contribution < 1.29 is 9.59 Å². The Kier molecular flexibility index (Phi) is 5.98. The summed E-state index contributed by atoms with van der Waals surface area (Å²) in [5, 5.41) is 3.24. The largest absolute Gasteiger partial charge is 0.342 e. The normalized spacial score (nSPS) is 26.0. The summed E-state index contributed by atoms with van der Waals surface area (Å²) in [7, 11) is 1.99. The van der Waals surface area contributed by atoms with Gasteiger partial charge in [-0.1, -0.05) is 0 Å². The molecule has 0 radical (unpaired) electrons. The summed E-state index contributed by atoms with van der Waals surface area (Å²) >= 11 is 0. The summed E-state index contributed by atoms with van der Waals surface area (Å²) in [6.45, 7) is 5.99. The number of carbonyl (C=O) groups is 2. The minimum atomic E-state index is 0.00570. The molecule has 0 aliphatic carbocycles. The monoisotopic (exact) mass is 336 g/mol. The number of piperidine rings is 2. The van der Waals surface area contributed by atoms with Crippen LogP contribution >= 0.6 is 0 Å². The van der Waals surface area contributed by atoms with Gasteiger partial charge in [-0.2, -0.15) is 0 Å². The van der Waals surface area contributed by atoms with E-state index in [9.17, 15) is 9.59 Å². The predicted molar refractivity (Wildman–Crippen MR) is 93.7 cm³/mol. The SMILES string of the molecule is CNCC1CCN(C(=O)C2CCCN(C(=O)N3CCCC3)C2)CC1. The van der Waals surface area contributed by atoms with Gasteiger partial charge in [-0.15, -0.1) is 0 Å². The van der Waals surface area contributed by atoms with Crippen molar-refractivity contribution in [3.05, 3.63) is 0 Å². The van der Waals surface area contributed by atoms with Crippen molar-refractivity contribution in [2.45, 2.75) is 38.5 Å². The molecule has 24 heavy (non-hydrogen) atoms. The Bertz CT molecular complexity index is 442. The zero-order valence-electron chi connectivity index (χ0n) is 15.0. The van der Waals surface area contributed by atoms with Crippen molar-refractivity contribution in [3.8, 4) is 0 Å². The van der Waals surface area contributed by atoms with Crippen LogP contribution in [-0.2, 0) is 4.79 Å². The Labute approximate surface area is 145 Å². The molecule has 3 amide bonds. The van der Waals surface area contributed by atoms with Gasteiger partial charge < -0.3 is 20.0 Å². The van der Waals surface area contributed by atoms with E-state index in [2.05, 4.69) is 5.32 Å². The van der Waals surface area contributed by atoms with Gasteiger partial charge in [0, 0.05) is 39.3 Å². The molecule has 0 aromatic carbocycles. The van der Waals surface area contributed by atoms with Gasteiger partial charge in [-0.05, 0) is 58.0 Å². The van der Waals surface area contributed by atoms with E-state index in [4.69, 9.17) is 0 Å². The summed E-state index contributed by atoms with van der Waals surface area (Å²) in [4.78, 5) is 31.4. The van der Waals surface area contributed by atoms with Crippen molar-refractivity contribution in [1.29, 1.82) is 0 Å². The molecule has 136 valence electrons. The van der Waals surface area contributed by atoms with Crippen LogP contribution in [0.5, 0.6) is 0 Å². The highest BCUT2D eigenvalue weighted by Crippen LogP contribution is 2.24. The molecule has 3 saturated heterocycles. The zero-order chi connectivity index (χ0) is 16.9. The number of rotatable bonds is 3. The van der Waals surface area contributed by atoms with Crippen LogP contribution in [0.2, 0.25) is 0 Å². The van der Waals surface area contributed by atoms with Crippen molar-refractivity contribution >= 4 is 11.9 Å². The highest BCUT2D eigenvalue weighted by Gasteiger charge is 2.34. The van der Waals surface area contributed by atoms with Crippen LogP contribution in [-0.4, -0.2) is 79.5 Å². The average Bonchev–Trinajstić information content (AvgIpc) is 3.16. The fourth-order valence-electron chi connectivity index (χ4n) is 4.37. The molecule has 0 saturated carbocycles. The van der Waals surface area contributed by atoms with E-state index in [0.717, 1.165) is 77.8 Å². The Balaban J connectivity index is 1.51. The van der Waals surface area contributed by atoms with Crippen LogP contribution in [0.1, 0.15) is 38.5 Å². The van der Waals surface area contributed by atoms with Gasteiger partial charge >= 0.3 is 6.03 Å². The lowest BCUT2D eigenvalue weighted by Crippen LogP contribution is -2.51. The lowest BCUT2D eigenvalue weighted by atomic mass is 9.93. The van der Waals surface area contributed by atoms with Crippen molar-refractivity contribution in [2.24, 2.45) is 11.8 Å². The molecule has 0 bridgehead atoms. The van der Waals surface area contributed by atoms with Gasteiger partial charge in [0.05, 0.1) is 5.92 Å². The first-order valence-corrected chi connectivity index (χ1v) is 9.66. The third-order valence-electron chi connectivity index (χ3n) is 5.84. The number of nitrogens with one attached hydrogen (secondary N) is 1. The maximum absolute atomic E-state index is 12.9. The molecule has 0 aromatic rings. The lowest BCUT2D eigenvalue weighted by Gasteiger charge is -2.38. The fraction of sp³-hybridized carbons (Fsp3) is 0.889. The van der Waals surface area contributed by atoms with E-state index < -0.39 is 0 Å². The van der Waals surface area contributed by atoms with E-state index in [0.29, 0.717) is 12.5 Å². The molecule has 6 heteroatoms. The second kappa shape index (κ2) is 8.19. The molecule has 0 aromatic heterocycles. The Morgan fingerprint density at radius 2 is 1.54 bits per heavy atom. The molecule has 0 spiro atoms. The smallest absolute Gasteiger partial charge is 0.320 e. The van der Waals surface area contributed by atoms with Gasteiger partial charge in [0.1, 0.15) is 0 Å². The summed E-state index contributed by atoms with van der Waals surface area (Å²) in [6, 6.07) is 0.151. The van der Waals surface area contributed by atoms with Crippen LogP contribution in [0.3, 0.4) is 0 Å². The third-order valence-corrected chi connectivity index (χ3v) is 5.84. The third kappa shape index (κ3) is 4.02. The summed E-state index contributed by atoms with van der Waals surface area (Å²) in [6.07, 6.45) is 6.30.